The highest BCUT2D eigenvalue weighted by atomic mass is 16.4. The van der Waals surface area contributed by atoms with Crippen LogP contribution in [0.15, 0.2) is 0 Å². The standard InChI is InChI=1S/C16H30N2O3/c1-14(2)9-7-8-11(10-14)17-13(21)18-16(5,6)15(3,4)12(19)20/h11H,7-10H2,1-6H3,(H,19,20)(H2,17,18,21). The van der Waals surface area contributed by atoms with Crippen LogP contribution in [0.4, 0.5) is 4.79 Å². The van der Waals surface area contributed by atoms with Gasteiger partial charge in [0.2, 0.25) is 0 Å². The van der Waals surface area contributed by atoms with Gasteiger partial charge < -0.3 is 15.7 Å². The molecule has 3 N–H and O–H groups in total. The van der Waals surface area contributed by atoms with Crippen molar-refractivity contribution in [1.82, 2.24) is 10.6 Å². The van der Waals surface area contributed by atoms with Crippen molar-refractivity contribution in [1.29, 1.82) is 0 Å². The summed E-state index contributed by atoms with van der Waals surface area (Å²) in [5.41, 5.74) is -1.63. The fraction of sp³-hybridized carbons (Fsp3) is 0.875. The molecule has 1 fully saturated rings. The van der Waals surface area contributed by atoms with E-state index in [0.29, 0.717) is 0 Å². The molecule has 0 aromatic heterocycles. The molecule has 1 saturated carbocycles. The van der Waals surface area contributed by atoms with E-state index in [2.05, 4.69) is 24.5 Å². The molecule has 0 spiro atoms. The van der Waals surface area contributed by atoms with Crippen LogP contribution in [0.3, 0.4) is 0 Å². The number of hydrogen-bond donors (Lipinski definition) is 3. The van der Waals surface area contributed by atoms with Gasteiger partial charge in [0.25, 0.3) is 0 Å². The van der Waals surface area contributed by atoms with Gasteiger partial charge >= 0.3 is 12.0 Å². The van der Waals surface area contributed by atoms with Crippen LogP contribution in [0.5, 0.6) is 0 Å². The third-order valence-corrected chi connectivity index (χ3v) is 5.06. The molecule has 0 aromatic carbocycles. The molecule has 122 valence electrons. The summed E-state index contributed by atoms with van der Waals surface area (Å²) >= 11 is 0. The Morgan fingerprint density at radius 2 is 1.76 bits per heavy atom. The van der Waals surface area contributed by atoms with Crippen LogP contribution in [0, 0.1) is 10.8 Å². The van der Waals surface area contributed by atoms with Gasteiger partial charge in [-0.05, 0) is 52.4 Å². The summed E-state index contributed by atoms with van der Waals surface area (Å²) in [5, 5.41) is 15.1. The second kappa shape index (κ2) is 5.85. The number of nitrogens with one attached hydrogen (secondary N) is 2. The summed E-state index contributed by atoms with van der Waals surface area (Å²) in [6.07, 6.45) is 4.25. The number of carboxylic acids is 1. The van der Waals surface area contributed by atoms with Crippen LogP contribution in [-0.4, -0.2) is 28.7 Å². The van der Waals surface area contributed by atoms with Crippen LogP contribution >= 0.6 is 0 Å². The summed E-state index contributed by atoms with van der Waals surface area (Å²) in [4.78, 5) is 23.5. The van der Waals surface area contributed by atoms with Gasteiger partial charge in [-0.1, -0.05) is 20.3 Å². The second-order valence-electron chi connectivity index (χ2n) is 8.11. The Kier molecular flexibility index (Phi) is 4.96. The van der Waals surface area contributed by atoms with Gasteiger partial charge in [0.05, 0.1) is 11.0 Å². The van der Waals surface area contributed by atoms with Crippen LogP contribution in [0.1, 0.15) is 67.2 Å². The van der Waals surface area contributed by atoms with Gasteiger partial charge in [-0.2, -0.15) is 0 Å². The van der Waals surface area contributed by atoms with Crippen LogP contribution in [0.25, 0.3) is 0 Å². The lowest BCUT2D eigenvalue weighted by atomic mass is 9.74. The summed E-state index contributed by atoms with van der Waals surface area (Å²) in [6.45, 7) is 11.2. The van der Waals surface area contributed by atoms with E-state index in [-0.39, 0.29) is 17.5 Å². The Morgan fingerprint density at radius 3 is 2.24 bits per heavy atom. The molecular weight excluding hydrogens is 268 g/mol. The molecule has 1 atom stereocenters. The minimum atomic E-state index is -1.05. The fourth-order valence-electron chi connectivity index (χ4n) is 2.75. The van der Waals surface area contributed by atoms with Gasteiger partial charge in [-0.15, -0.1) is 0 Å². The van der Waals surface area contributed by atoms with E-state index in [0.717, 1.165) is 19.3 Å². The predicted molar refractivity (Wildman–Crippen MR) is 83.2 cm³/mol. The highest BCUT2D eigenvalue weighted by molar-refractivity contribution is 5.79. The third-order valence-electron chi connectivity index (χ3n) is 5.06. The van der Waals surface area contributed by atoms with E-state index in [1.165, 1.54) is 6.42 Å². The van der Waals surface area contributed by atoms with E-state index in [1.807, 2.05) is 0 Å². The molecule has 2 amide bonds. The molecule has 0 heterocycles. The zero-order chi connectivity index (χ0) is 16.5. The number of carbonyl (C=O) groups excluding carboxylic acids is 1. The number of aliphatic carboxylic acids is 1. The SMILES string of the molecule is CC1(C)CCCC(NC(=O)NC(C)(C)C(C)(C)C(=O)O)C1. The fourth-order valence-corrected chi connectivity index (χ4v) is 2.75. The molecule has 5 nitrogen and oxygen atoms in total. The van der Waals surface area contributed by atoms with E-state index in [9.17, 15) is 14.7 Å². The molecule has 5 heteroatoms. The summed E-state index contributed by atoms with van der Waals surface area (Å²) in [7, 11) is 0. The molecule has 0 radical (unpaired) electrons. The second-order valence-corrected chi connectivity index (χ2v) is 8.11. The van der Waals surface area contributed by atoms with Crippen molar-refractivity contribution in [2.24, 2.45) is 10.8 Å². The number of rotatable bonds is 4. The first kappa shape index (κ1) is 17.8. The topological polar surface area (TPSA) is 78.4 Å². The number of urea groups is 1. The van der Waals surface area contributed by atoms with E-state index in [4.69, 9.17) is 0 Å². The Balaban J connectivity index is 2.63. The van der Waals surface area contributed by atoms with Gasteiger partial charge in [0, 0.05) is 6.04 Å². The van der Waals surface area contributed by atoms with Gasteiger partial charge in [-0.25, -0.2) is 4.79 Å². The largest absolute Gasteiger partial charge is 0.481 e. The van der Waals surface area contributed by atoms with Gasteiger partial charge in [0.15, 0.2) is 0 Å². The van der Waals surface area contributed by atoms with Crippen molar-refractivity contribution >= 4 is 12.0 Å². The van der Waals surface area contributed by atoms with Crippen LogP contribution in [-0.2, 0) is 4.79 Å². The zero-order valence-electron chi connectivity index (χ0n) is 14.2. The molecule has 1 rings (SSSR count). The van der Waals surface area contributed by atoms with E-state index < -0.39 is 16.9 Å². The maximum absolute atomic E-state index is 12.2. The van der Waals surface area contributed by atoms with Crippen molar-refractivity contribution in [3.05, 3.63) is 0 Å². The number of hydrogen-bond acceptors (Lipinski definition) is 2. The average molecular weight is 298 g/mol. The first-order valence-electron chi connectivity index (χ1n) is 7.69. The summed E-state index contributed by atoms with van der Waals surface area (Å²) in [5.74, 6) is -0.924. The number of amides is 2. The molecule has 0 aliphatic heterocycles. The summed E-state index contributed by atoms with van der Waals surface area (Å²) < 4.78 is 0. The Hall–Kier alpha value is -1.26. The molecule has 21 heavy (non-hydrogen) atoms. The van der Waals surface area contributed by atoms with Crippen molar-refractivity contribution in [3.63, 3.8) is 0 Å². The number of carboxylic acid groups (broad SMARTS) is 1. The molecule has 0 aromatic rings. The smallest absolute Gasteiger partial charge is 0.315 e. The quantitative estimate of drug-likeness (QED) is 0.746. The highest BCUT2D eigenvalue weighted by Gasteiger charge is 2.44. The van der Waals surface area contributed by atoms with Gasteiger partial charge in [-0.3, -0.25) is 4.79 Å². The molecule has 1 unspecified atom stereocenters. The van der Waals surface area contributed by atoms with Crippen molar-refractivity contribution in [3.8, 4) is 0 Å². The van der Waals surface area contributed by atoms with E-state index in [1.54, 1.807) is 27.7 Å². The van der Waals surface area contributed by atoms with Crippen molar-refractivity contribution in [2.45, 2.75) is 78.8 Å². The molecular formula is C16H30N2O3. The minimum Gasteiger partial charge on any atom is -0.481 e. The monoisotopic (exact) mass is 298 g/mol. The summed E-state index contributed by atoms with van der Waals surface area (Å²) in [6, 6.07) is -0.116. The first-order chi connectivity index (χ1) is 9.37. The first-order valence-corrected chi connectivity index (χ1v) is 7.69. The lowest BCUT2D eigenvalue weighted by Gasteiger charge is -2.40. The zero-order valence-corrected chi connectivity index (χ0v) is 14.2. The van der Waals surface area contributed by atoms with Crippen LogP contribution in [0.2, 0.25) is 0 Å². The van der Waals surface area contributed by atoms with Crippen molar-refractivity contribution < 1.29 is 14.7 Å². The Morgan fingerprint density at radius 1 is 1.19 bits per heavy atom. The third kappa shape index (κ3) is 4.35. The lowest BCUT2D eigenvalue weighted by Crippen LogP contribution is -2.60. The highest BCUT2D eigenvalue weighted by Crippen LogP contribution is 2.35. The average Bonchev–Trinajstić information content (AvgIpc) is 2.25. The minimum absolute atomic E-state index is 0.164. The molecule has 0 bridgehead atoms. The molecule has 0 saturated heterocycles. The van der Waals surface area contributed by atoms with Crippen molar-refractivity contribution in [2.75, 3.05) is 0 Å². The number of carbonyl (C=O) groups is 2. The lowest BCUT2D eigenvalue weighted by molar-refractivity contribution is -0.150. The maximum atomic E-state index is 12.2. The Bertz CT molecular complexity index is 414. The predicted octanol–water partition coefficient (Wildman–Crippen LogP) is 3.14. The molecule has 1 aliphatic carbocycles. The Labute approximate surface area is 127 Å². The normalized spacial score (nSPS) is 22.5. The maximum Gasteiger partial charge on any atom is 0.315 e. The van der Waals surface area contributed by atoms with E-state index >= 15 is 0 Å². The molecule has 1 aliphatic rings. The van der Waals surface area contributed by atoms with Crippen LogP contribution < -0.4 is 10.6 Å². The van der Waals surface area contributed by atoms with Gasteiger partial charge in [0.1, 0.15) is 0 Å².